The van der Waals surface area contributed by atoms with Gasteiger partial charge in [0.15, 0.2) is 9.84 Å². The minimum atomic E-state index is -3.05. The predicted octanol–water partition coefficient (Wildman–Crippen LogP) is 1.94. The Hall–Kier alpha value is -0.740. The number of rotatable bonds is 3. The van der Waals surface area contributed by atoms with Crippen molar-refractivity contribution in [3.63, 3.8) is 0 Å². The number of hydrogen-bond acceptors (Lipinski definition) is 3. The Bertz CT molecular complexity index is 372. The summed E-state index contributed by atoms with van der Waals surface area (Å²) < 4.78 is 22.8. The van der Waals surface area contributed by atoms with Crippen LogP contribution in [0.15, 0.2) is 29.2 Å². The second kappa shape index (κ2) is 5.22. The lowest BCUT2D eigenvalue weighted by molar-refractivity contribution is 0.597. The average Bonchev–Trinajstić information content (AvgIpc) is 2.18. The fourth-order valence-electron chi connectivity index (χ4n) is 0.996. The van der Waals surface area contributed by atoms with E-state index in [-0.39, 0.29) is 18.2 Å². The molecule has 80 valence electrons. The molecule has 0 atom stereocenters. The summed E-state index contributed by atoms with van der Waals surface area (Å²) >= 11 is 0. The monoisotopic (exact) mass is 235 g/mol. The fraction of sp³-hybridized carbons (Fsp3) is 0.333. The van der Waals surface area contributed by atoms with Gasteiger partial charge in [0.25, 0.3) is 0 Å². The summed E-state index contributed by atoms with van der Waals surface area (Å²) in [6.45, 7) is 1.64. The van der Waals surface area contributed by atoms with Crippen LogP contribution in [0.4, 0.5) is 5.69 Å². The molecule has 0 fully saturated rings. The normalized spacial score (nSPS) is 10.4. The molecule has 0 saturated carbocycles. The summed E-state index contributed by atoms with van der Waals surface area (Å²) in [6, 6.07) is 6.74. The third-order valence-corrected chi connectivity index (χ3v) is 3.63. The summed E-state index contributed by atoms with van der Waals surface area (Å²) in [5.74, 6) is 0.145. The first-order valence-electron chi connectivity index (χ1n) is 4.10. The van der Waals surface area contributed by atoms with Crippen LogP contribution < -0.4 is 5.32 Å². The molecular weight excluding hydrogens is 222 g/mol. The van der Waals surface area contributed by atoms with Crippen molar-refractivity contribution < 1.29 is 8.42 Å². The van der Waals surface area contributed by atoms with Crippen molar-refractivity contribution in [3.8, 4) is 0 Å². The van der Waals surface area contributed by atoms with Crippen LogP contribution >= 0.6 is 12.4 Å². The van der Waals surface area contributed by atoms with E-state index >= 15 is 0 Å². The van der Waals surface area contributed by atoms with E-state index in [1.165, 1.54) is 0 Å². The summed E-state index contributed by atoms with van der Waals surface area (Å²) in [5.41, 5.74) is 0.912. The summed E-state index contributed by atoms with van der Waals surface area (Å²) in [4.78, 5) is 0.383. The molecular formula is C9H14ClNO2S. The van der Waals surface area contributed by atoms with Crippen LogP contribution in [-0.4, -0.2) is 21.2 Å². The molecule has 0 aromatic heterocycles. The van der Waals surface area contributed by atoms with Gasteiger partial charge in [-0.1, -0.05) is 6.92 Å². The average molecular weight is 236 g/mol. The van der Waals surface area contributed by atoms with Gasteiger partial charge < -0.3 is 5.32 Å². The number of halogens is 1. The predicted molar refractivity (Wildman–Crippen MR) is 61.0 cm³/mol. The SMILES string of the molecule is CCS(=O)(=O)c1ccc(NC)cc1.Cl. The van der Waals surface area contributed by atoms with Crippen molar-refractivity contribution in [2.24, 2.45) is 0 Å². The van der Waals surface area contributed by atoms with Crippen molar-refractivity contribution >= 4 is 27.9 Å². The van der Waals surface area contributed by atoms with Crippen LogP contribution in [0, 0.1) is 0 Å². The fourth-order valence-corrected chi connectivity index (χ4v) is 1.88. The summed E-state index contributed by atoms with van der Waals surface area (Å²) in [5, 5.41) is 2.93. The maximum absolute atomic E-state index is 11.4. The Labute approximate surface area is 90.9 Å². The molecule has 5 heteroatoms. The molecule has 0 heterocycles. The highest BCUT2D eigenvalue weighted by Gasteiger charge is 2.09. The molecule has 0 amide bonds. The van der Waals surface area contributed by atoms with Crippen molar-refractivity contribution in [1.82, 2.24) is 0 Å². The van der Waals surface area contributed by atoms with Crippen molar-refractivity contribution in [1.29, 1.82) is 0 Å². The van der Waals surface area contributed by atoms with Gasteiger partial charge in [-0.25, -0.2) is 8.42 Å². The van der Waals surface area contributed by atoms with Gasteiger partial charge >= 0.3 is 0 Å². The Morgan fingerprint density at radius 3 is 2.07 bits per heavy atom. The summed E-state index contributed by atoms with van der Waals surface area (Å²) in [6.07, 6.45) is 0. The highest BCUT2D eigenvalue weighted by Crippen LogP contribution is 2.14. The highest BCUT2D eigenvalue weighted by atomic mass is 35.5. The van der Waals surface area contributed by atoms with E-state index in [1.54, 1.807) is 38.2 Å². The van der Waals surface area contributed by atoms with Gasteiger partial charge in [-0.3, -0.25) is 0 Å². The Balaban J connectivity index is 0.00000169. The van der Waals surface area contributed by atoms with Crippen LogP contribution in [0.1, 0.15) is 6.92 Å². The van der Waals surface area contributed by atoms with Crippen LogP contribution in [0.5, 0.6) is 0 Å². The molecule has 3 nitrogen and oxygen atoms in total. The maximum Gasteiger partial charge on any atom is 0.178 e. The Morgan fingerprint density at radius 1 is 1.21 bits per heavy atom. The van der Waals surface area contributed by atoms with E-state index in [1.807, 2.05) is 0 Å². The van der Waals surface area contributed by atoms with Gasteiger partial charge in [0.05, 0.1) is 10.6 Å². The second-order valence-corrected chi connectivity index (χ2v) is 4.96. The lowest BCUT2D eigenvalue weighted by Gasteiger charge is -2.02. The van der Waals surface area contributed by atoms with E-state index < -0.39 is 9.84 Å². The number of benzene rings is 1. The molecule has 0 unspecified atom stereocenters. The molecule has 0 aliphatic carbocycles. The van der Waals surface area contributed by atoms with Crippen LogP contribution in [0.2, 0.25) is 0 Å². The van der Waals surface area contributed by atoms with E-state index in [0.717, 1.165) is 5.69 Å². The third kappa shape index (κ3) is 2.89. The highest BCUT2D eigenvalue weighted by molar-refractivity contribution is 7.91. The lowest BCUT2D eigenvalue weighted by atomic mass is 10.3. The van der Waals surface area contributed by atoms with Crippen LogP contribution in [0.25, 0.3) is 0 Å². The van der Waals surface area contributed by atoms with Crippen LogP contribution in [-0.2, 0) is 9.84 Å². The zero-order valence-electron chi connectivity index (χ0n) is 8.15. The van der Waals surface area contributed by atoms with Crippen molar-refractivity contribution in [2.45, 2.75) is 11.8 Å². The number of hydrogen-bond donors (Lipinski definition) is 1. The first-order valence-corrected chi connectivity index (χ1v) is 5.76. The molecule has 1 aromatic carbocycles. The van der Waals surface area contributed by atoms with Crippen molar-refractivity contribution in [3.05, 3.63) is 24.3 Å². The van der Waals surface area contributed by atoms with E-state index in [9.17, 15) is 8.42 Å². The first-order chi connectivity index (χ1) is 6.10. The van der Waals surface area contributed by atoms with Gasteiger partial charge in [0.2, 0.25) is 0 Å². The first kappa shape index (κ1) is 13.3. The van der Waals surface area contributed by atoms with Gasteiger partial charge in [0, 0.05) is 12.7 Å². The number of nitrogens with one attached hydrogen (secondary N) is 1. The zero-order chi connectivity index (χ0) is 9.90. The summed E-state index contributed by atoms with van der Waals surface area (Å²) in [7, 11) is -1.26. The van der Waals surface area contributed by atoms with Gasteiger partial charge in [-0.2, -0.15) is 0 Å². The molecule has 0 spiro atoms. The molecule has 0 saturated heterocycles. The van der Waals surface area contributed by atoms with E-state index in [4.69, 9.17) is 0 Å². The van der Waals surface area contributed by atoms with E-state index in [0.29, 0.717) is 4.90 Å². The standard InChI is InChI=1S/C9H13NO2S.ClH/c1-3-13(11,12)9-6-4-8(10-2)5-7-9;/h4-7,10H,3H2,1-2H3;1H. The zero-order valence-corrected chi connectivity index (χ0v) is 9.78. The van der Waals surface area contributed by atoms with Crippen LogP contribution in [0.3, 0.4) is 0 Å². The number of sulfone groups is 1. The molecule has 0 aliphatic heterocycles. The molecule has 0 aliphatic rings. The Morgan fingerprint density at radius 2 is 1.71 bits per heavy atom. The van der Waals surface area contributed by atoms with Gasteiger partial charge in [0.1, 0.15) is 0 Å². The third-order valence-electron chi connectivity index (χ3n) is 1.88. The van der Waals surface area contributed by atoms with Crippen molar-refractivity contribution in [2.75, 3.05) is 18.1 Å². The quantitative estimate of drug-likeness (QED) is 0.871. The molecule has 1 aromatic rings. The molecule has 14 heavy (non-hydrogen) atoms. The minimum Gasteiger partial charge on any atom is -0.388 e. The lowest BCUT2D eigenvalue weighted by Crippen LogP contribution is -2.03. The van der Waals surface area contributed by atoms with E-state index in [2.05, 4.69) is 5.32 Å². The molecule has 1 rings (SSSR count). The smallest absolute Gasteiger partial charge is 0.178 e. The largest absolute Gasteiger partial charge is 0.388 e. The molecule has 0 radical (unpaired) electrons. The Kier molecular flexibility index (Phi) is 4.94. The van der Waals surface area contributed by atoms with Gasteiger partial charge in [-0.15, -0.1) is 12.4 Å². The van der Waals surface area contributed by atoms with Gasteiger partial charge in [-0.05, 0) is 24.3 Å². The second-order valence-electron chi connectivity index (χ2n) is 2.68. The topological polar surface area (TPSA) is 46.2 Å². The maximum atomic E-state index is 11.4. The molecule has 1 N–H and O–H groups in total. The number of anilines is 1. The minimum absolute atomic E-state index is 0. The molecule has 0 bridgehead atoms.